The van der Waals surface area contributed by atoms with Crippen LogP contribution in [0.2, 0.25) is 0 Å². The maximum atomic E-state index is 6.33. The van der Waals surface area contributed by atoms with Crippen molar-refractivity contribution < 1.29 is 4.42 Å². The highest BCUT2D eigenvalue weighted by atomic mass is 16.3. The fourth-order valence-electron chi connectivity index (χ4n) is 11.1. The molecule has 0 bridgehead atoms. The minimum Gasteiger partial charge on any atom is -0.456 e. The second kappa shape index (κ2) is 15.0. The molecule has 2 heterocycles. The Morgan fingerprint density at radius 2 is 0.662 bits per heavy atom. The Kier molecular flexibility index (Phi) is 8.46. The molecule has 0 fully saturated rings. The number of benzene rings is 10. The van der Waals surface area contributed by atoms with E-state index in [1.807, 2.05) is 66.7 Å². The van der Waals surface area contributed by atoms with E-state index in [0.717, 1.165) is 60.9 Å². The molecular weight excluding hydrogens is 827 g/mol. The zero-order valence-electron chi connectivity index (χ0n) is 36.8. The molecule has 0 N–H and O–H groups in total. The Morgan fingerprint density at radius 3 is 1.24 bits per heavy atom. The fraction of sp³-hybridized carbons (Fsp3) is 0.0156. The Labute approximate surface area is 393 Å². The summed E-state index contributed by atoms with van der Waals surface area (Å²) in [5.74, 6) is 1.93. The molecule has 2 aliphatic carbocycles. The van der Waals surface area contributed by atoms with Gasteiger partial charge in [-0.1, -0.05) is 206 Å². The maximum absolute atomic E-state index is 6.33. The van der Waals surface area contributed by atoms with Crippen LogP contribution in [0.1, 0.15) is 22.3 Å². The molecule has 2 aliphatic rings. The molecule has 2 aromatic heterocycles. The van der Waals surface area contributed by atoms with Crippen LogP contribution in [0.25, 0.3) is 112 Å². The highest BCUT2D eigenvalue weighted by molar-refractivity contribution is 6.07. The third-order valence-corrected chi connectivity index (χ3v) is 14.2. The summed E-state index contributed by atoms with van der Waals surface area (Å²) in [7, 11) is 0. The summed E-state index contributed by atoms with van der Waals surface area (Å²) in [6.07, 6.45) is 0. The fourth-order valence-corrected chi connectivity index (χ4v) is 11.1. The summed E-state index contributed by atoms with van der Waals surface area (Å²) in [6, 6.07) is 84.9. The van der Waals surface area contributed by atoms with Crippen molar-refractivity contribution in [1.82, 2.24) is 15.0 Å². The van der Waals surface area contributed by atoms with E-state index < -0.39 is 5.41 Å². The number of furan rings is 1. The van der Waals surface area contributed by atoms with Gasteiger partial charge in [0.2, 0.25) is 0 Å². The van der Waals surface area contributed by atoms with Gasteiger partial charge >= 0.3 is 0 Å². The summed E-state index contributed by atoms with van der Waals surface area (Å²) in [4.78, 5) is 14.8. The molecule has 0 saturated heterocycles. The van der Waals surface area contributed by atoms with E-state index in [-0.39, 0.29) is 0 Å². The van der Waals surface area contributed by atoms with Crippen LogP contribution in [0.15, 0.2) is 241 Å². The Hall–Kier alpha value is -8.99. The molecule has 0 amide bonds. The van der Waals surface area contributed by atoms with E-state index in [0.29, 0.717) is 17.5 Å². The largest absolute Gasteiger partial charge is 0.456 e. The second-order valence-electron chi connectivity index (χ2n) is 17.8. The molecular formula is C64H39N3O. The predicted molar refractivity (Wildman–Crippen MR) is 276 cm³/mol. The van der Waals surface area contributed by atoms with E-state index in [1.165, 1.54) is 55.6 Å². The molecule has 0 atom stereocenters. The first-order valence-corrected chi connectivity index (χ1v) is 23.2. The third kappa shape index (κ3) is 5.77. The molecule has 1 spiro atoms. The van der Waals surface area contributed by atoms with Crippen LogP contribution in [0.5, 0.6) is 0 Å². The van der Waals surface area contributed by atoms with Crippen LogP contribution < -0.4 is 0 Å². The summed E-state index contributed by atoms with van der Waals surface area (Å²) >= 11 is 0. The first kappa shape index (κ1) is 38.3. The van der Waals surface area contributed by atoms with Gasteiger partial charge in [-0.05, 0) is 108 Å². The Morgan fingerprint density at radius 1 is 0.250 bits per heavy atom. The van der Waals surface area contributed by atoms with Gasteiger partial charge < -0.3 is 4.42 Å². The van der Waals surface area contributed by atoms with Crippen LogP contribution in [-0.2, 0) is 5.41 Å². The van der Waals surface area contributed by atoms with Crippen molar-refractivity contribution in [3.8, 4) is 89.8 Å². The number of para-hydroxylation sites is 1. The van der Waals surface area contributed by atoms with E-state index in [4.69, 9.17) is 19.4 Å². The molecule has 12 aromatic rings. The standard InChI is InChI=1S/C64H39N3O/c1-3-15-43(16-4-1)61-65-62(44-17-5-2-6-18-44)67-63(66-61)45-33-29-41(30-34-45)40-27-31-42(32-28-40)52-39-58-53(38-51(52)46-35-36-60-54(37-46)50-22-10-14-26-59(50)68-60)49-21-9-13-25-57(49)64(58)55-23-11-7-19-47(55)48-20-8-12-24-56(48)64/h1-39H. The van der Waals surface area contributed by atoms with Gasteiger partial charge in [-0.15, -0.1) is 0 Å². The van der Waals surface area contributed by atoms with E-state index >= 15 is 0 Å². The summed E-state index contributed by atoms with van der Waals surface area (Å²) in [6.45, 7) is 0. The normalized spacial score (nSPS) is 12.8. The molecule has 68 heavy (non-hydrogen) atoms. The highest BCUT2D eigenvalue weighted by Crippen LogP contribution is 2.63. The molecule has 14 rings (SSSR count). The molecule has 0 radical (unpaired) electrons. The molecule has 4 heteroatoms. The molecule has 0 saturated carbocycles. The van der Waals surface area contributed by atoms with Crippen molar-refractivity contribution in [1.29, 1.82) is 0 Å². The lowest BCUT2D eigenvalue weighted by Crippen LogP contribution is -2.25. The number of fused-ring (bicyclic) bond motifs is 13. The van der Waals surface area contributed by atoms with Crippen LogP contribution in [0.3, 0.4) is 0 Å². The van der Waals surface area contributed by atoms with Gasteiger partial charge in [0.25, 0.3) is 0 Å². The van der Waals surface area contributed by atoms with Gasteiger partial charge in [0.1, 0.15) is 11.2 Å². The lowest BCUT2D eigenvalue weighted by molar-refractivity contribution is 0.669. The monoisotopic (exact) mass is 865 g/mol. The first-order chi connectivity index (χ1) is 33.7. The minimum atomic E-state index is -0.457. The van der Waals surface area contributed by atoms with Crippen LogP contribution in [0, 0.1) is 0 Å². The van der Waals surface area contributed by atoms with Gasteiger partial charge in [-0.3, -0.25) is 0 Å². The number of rotatable bonds is 6. The van der Waals surface area contributed by atoms with Crippen molar-refractivity contribution in [2.45, 2.75) is 5.41 Å². The number of aromatic nitrogens is 3. The average molecular weight is 866 g/mol. The van der Waals surface area contributed by atoms with Crippen LogP contribution in [0.4, 0.5) is 0 Å². The SMILES string of the molecule is c1ccc(-c2nc(-c3ccccc3)nc(-c3ccc(-c4ccc(-c5cc6c(cc5-c5ccc7oc8ccccc8c7c5)-c5ccccc5C65c6ccccc6-c6ccccc65)cc4)cc3)n2)cc1. The predicted octanol–water partition coefficient (Wildman–Crippen LogP) is 16.1. The van der Waals surface area contributed by atoms with Gasteiger partial charge in [0.15, 0.2) is 17.5 Å². The van der Waals surface area contributed by atoms with Crippen molar-refractivity contribution in [3.05, 3.63) is 259 Å². The van der Waals surface area contributed by atoms with Crippen molar-refractivity contribution in [3.63, 3.8) is 0 Å². The van der Waals surface area contributed by atoms with Crippen LogP contribution in [-0.4, -0.2) is 15.0 Å². The van der Waals surface area contributed by atoms with Gasteiger partial charge in [0.05, 0.1) is 5.41 Å². The topological polar surface area (TPSA) is 51.8 Å². The highest BCUT2D eigenvalue weighted by Gasteiger charge is 2.51. The molecule has 0 unspecified atom stereocenters. The van der Waals surface area contributed by atoms with Crippen molar-refractivity contribution in [2.24, 2.45) is 0 Å². The molecule has 0 aliphatic heterocycles. The Bertz CT molecular complexity index is 3840. The van der Waals surface area contributed by atoms with Crippen LogP contribution >= 0.6 is 0 Å². The third-order valence-electron chi connectivity index (χ3n) is 14.2. The van der Waals surface area contributed by atoms with E-state index in [1.54, 1.807) is 0 Å². The molecule has 316 valence electrons. The summed E-state index contributed by atoms with van der Waals surface area (Å²) in [5, 5.41) is 2.23. The minimum absolute atomic E-state index is 0.457. The van der Waals surface area contributed by atoms with E-state index in [2.05, 4.69) is 170 Å². The van der Waals surface area contributed by atoms with Gasteiger partial charge in [0, 0.05) is 27.5 Å². The summed E-state index contributed by atoms with van der Waals surface area (Å²) in [5.41, 5.74) is 21.5. The zero-order valence-corrected chi connectivity index (χ0v) is 36.8. The lowest BCUT2D eigenvalue weighted by Gasteiger charge is -2.31. The quantitative estimate of drug-likeness (QED) is 0.167. The zero-order chi connectivity index (χ0) is 44.8. The van der Waals surface area contributed by atoms with Gasteiger partial charge in [-0.2, -0.15) is 0 Å². The number of hydrogen-bond acceptors (Lipinski definition) is 4. The van der Waals surface area contributed by atoms with Gasteiger partial charge in [-0.25, -0.2) is 15.0 Å². The number of hydrogen-bond donors (Lipinski definition) is 0. The van der Waals surface area contributed by atoms with Crippen molar-refractivity contribution >= 4 is 21.9 Å². The van der Waals surface area contributed by atoms with E-state index in [9.17, 15) is 0 Å². The Balaban J connectivity index is 0.911. The first-order valence-electron chi connectivity index (χ1n) is 23.2. The lowest BCUT2D eigenvalue weighted by atomic mass is 9.70. The maximum Gasteiger partial charge on any atom is 0.164 e. The summed E-state index contributed by atoms with van der Waals surface area (Å²) < 4.78 is 6.33. The molecule has 10 aromatic carbocycles. The average Bonchev–Trinajstić information content (AvgIpc) is 4.04. The molecule has 4 nitrogen and oxygen atoms in total. The second-order valence-corrected chi connectivity index (χ2v) is 17.8. The smallest absolute Gasteiger partial charge is 0.164 e. The number of nitrogens with zero attached hydrogens (tertiary/aromatic N) is 3. The van der Waals surface area contributed by atoms with Crippen molar-refractivity contribution in [2.75, 3.05) is 0 Å².